The van der Waals surface area contributed by atoms with E-state index in [9.17, 15) is 9.90 Å². The number of carbonyl (C=O) groups is 1. The van der Waals surface area contributed by atoms with Gasteiger partial charge in [0.1, 0.15) is 0 Å². The van der Waals surface area contributed by atoms with Gasteiger partial charge in [-0.25, -0.2) is 4.79 Å². The summed E-state index contributed by atoms with van der Waals surface area (Å²) in [6.45, 7) is 2.75. The Labute approximate surface area is 114 Å². The van der Waals surface area contributed by atoms with Crippen molar-refractivity contribution in [2.24, 2.45) is 0 Å². The lowest BCUT2D eigenvalue weighted by Crippen LogP contribution is -2.33. The van der Waals surface area contributed by atoms with Crippen LogP contribution in [-0.4, -0.2) is 29.8 Å². The first-order valence-corrected chi connectivity index (χ1v) is 6.77. The first-order chi connectivity index (χ1) is 8.58. The van der Waals surface area contributed by atoms with Crippen LogP contribution in [0.4, 0.5) is 5.69 Å². The van der Waals surface area contributed by atoms with Crippen molar-refractivity contribution in [3.63, 3.8) is 0 Å². The number of aromatic carboxylic acids is 1. The van der Waals surface area contributed by atoms with Crippen LogP contribution in [0, 0.1) is 0 Å². The molecule has 1 aromatic carbocycles. The number of carboxylic acid groups (broad SMARTS) is 1. The summed E-state index contributed by atoms with van der Waals surface area (Å²) >= 11 is 3.28. The van der Waals surface area contributed by atoms with E-state index in [1.807, 2.05) is 13.0 Å². The van der Waals surface area contributed by atoms with E-state index in [0.717, 1.165) is 19.4 Å². The van der Waals surface area contributed by atoms with E-state index in [-0.39, 0.29) is 17.7 Å². The minimum Gasteiger partial charge on any atom is -0.478 e. The number of hydrogen-bond acceptors (Lipinski definition) is 3. The summed E-state index contributed by atoms with van der Waals surface area (Å²) in [4.78, 5) is 11.3. The molecule has 0 radical (unpaired) electrons. The third-order valence-corrected chi connectivity index (χ3v) is 3.73. The number of anilines is 1. The molecule has 0 bridgehead atoms. The van der Waals surface area contributed by atoms with Crippen molar-refractivity contribution in [2.75, 3.05) is 11.9 Å². The van der Waals surface area contributed by atoms with Crippen LogP contribution in [0.5, 0.6) is 0 Å². The van der Waals surface area contributed by atoms with Crippen LogP contribution in [0.25, 0.3) is 0 Å². The number of nitrogens with one attached hydrogen (secondary N) is 1. The fraction of sp³-hybridized carbons (Fsp3) is 0.462. The standard InChI is InChI=1S/C13H16BrNO3/c1-8-7-9(5-6-18-8)15-11-4-2-3-10(14)12(11)13(16)17/h2-4,8-9,15H,5-7H2,1H3,(H,16,17). The van der Waals surface area contributed by atoms with Gasteiger partial charge in [-0.2, -0.15) is 0 Å². The maximum Gasteiger partial charge on any atom is 0.338 e. The quantitative estimate of drug-likeness (QED) is 0.900. The van der Waals surface area contributed by atoms with Gasteiger partial charge in [-0.15, -0.1) is 0 Å². The molecule has 18 heavy (non-hydrogen) atoms. The molecule has 98 valence electrons. The van der Waals surface area contributed by atoms with Crippen molar-refractivity contribution < 1.29 is 14.6 Å². The van der Waals surface area contributed by atoms with Crippen molar-refractivity contribution in [1.82, 2.24) is 0 Å². The molecule has 1 heterocycles. The third kappa shape index (κ3) is 3.03. The van der Waals surface area contributed by atoms with Crippen LogP contribution in [0.3, 0.4) is 0 Å². The first-order valence-electron chi connectivity index (χ1n) is 5.98. The molecule has 0 amide bonds. The lowest BCUT2D eigenvalue weighted by Gasteiger charge is -2.29. The molecule has 2 N–H and O–H groups in total. The molecule has 4 nitrogen and oxygen atoms in total. The summed E-state index contributed by atoms with van der Waals surface area (Å²) in [6.07, 6.45) is 2.01. The smallest absolute Gasteiger partial charge is 0.338 e. The van der Waals surface area contributed by atoms with E-state index in [0.29, 0.717) is 10.2 Å². The summed E-state index contributed by atoms with van der Waals surface area (Å²) in [5.41, 5.74) is 0.951. The lowest BCUT2D eigenvalue weighted by molar-refractivity contribution is 0.0232. The zero-order valence-corrected chi connectivity index (χ0v) is 11.7. The summed E-state index contributed by atoms with van der Waals surface area (Å²) in [6, 6.07) is 5.64. The molecule has 2 rings (SSSR count). The van der Waals surface area contributed by atoms with Crippen molar-refractivity contribution in [3.8, 4) is 0 Å². The van der Waals surface area contributed by atoms with Crippen molar-refractivity contribution in [3.05, 3.63) is 28.2 Å². The molecule has 2 atom stereocenters. The van der Waals surface area contributed by atoms with Crippen LogP contribution in [0.2, 0.25) is 0 Å². The van der Waals surface area contributed by atoms with Gasteiger partial charge in [0, 0.05) is 17.1 Å². The minimum atomic E-state index is -0.926. The van der Waals surface area contributed by atoms with Gasteiger partial charge in [-0.1, -0.05) is 6.07 Å². The fourth-order valence-electron chi connectivity index (χ4n) is 2.21. The van der Waals surface area contributed by atoms with Crippen LogP contribution in [0.15, 0.2) is 22.7 Å². The number of hydrogen-bond donors (Lipinski definition) is 2. The third-order valence-electron chi connectivity index (χ3n) is 3.07. The normalized spacial score (nSPS) is 23.7. The van der Waals surface area contributed by atoms with Gasteiger partial charge in [-0.3, -0.25) is 0 Å². The molecule has 5 heteroatoms. The zero-order chi connectivity index (χ0) is 13.1. The van der Waals surface area contributed by atoms with Crippen LogP contribution in [-0.2, 0) is 4.74 Å². The average Bonchev–Trinajstić information content (AvgIpc) is 2.28. The highest BCUT2D eigenvalue weighted by Crippen LogP contribution is 2.27. The van der Waals surface area contributed by atoms with Crippen LogP contribution >= 0.6 is 15.9 Å². The van der Waals surface area contributed by atoms with Gasteiger partial charge in [-0.05, 0) is 47.8 Å². The van der Waals surface area contributed by atoms with E-state index in [1.54, 1.807) is 12.1 Å². The maximum absolute atomic E-state index is 11.3. The van der Waals surface area contributed by atoms with E-state index in [2.05, 4.69) is 21.2 Å². The minimum absolute atomic E-state index is 0.219. The number of halogens is 1. The number of carboxylic acids is 1. The molecule has 2 unspecified atom stereocenters. The second-order valence-electron chi connectivity index (χ2n) is 4.51. The predicted octanol–water partition coefficient (Wildman–Crippen LogP) is 3.13. The average molecular weight is 314 g/mol. The molecule has 0 saturated carbocycles. The number of ether oxygens (including phenoxy) is 1. The van der Waals surface area contributed by atoms with Crippen molar-refractivity contribution in [1.29, 1.82) is 0 Å². The molecule has 1 aromatic rings. The van der Waals surface area contributed by atoms with Crippen LogP contribution < -0.4 is 5.32 Å². The van der Waals surface area contributed by atoms with Crippen molar-refractivity contribution >= 4 is 27.6 Å². The van der Waals surface area contributed by atoms with Gasteiger partial charge >= 0.3 is 5.97 Å². The number of rotatable bonds is 3. The topological polar surface area (TPSA) is 58.6 Å². The Hall–Kier alpha value is -1.07. The zero-order valence-electron chi connectivity index (χ0n) is 10.1. The Bertz CT molecular complexity index is 450. The molecule has 1 aliphatic heterocycles. The number of benzene rings is 1. The Morgan fingerprint density at radius 3 is 3.00 bits per heavy atom. The predicted molar refractivity (Wildman–Crippen MR) is 73.2 cm³/mol. The van der Waals surface area contributed by atoms with E-state index in [1.165, 1.54) is 0 Å². The van der Waals surface area contributed by atoms with Gasteiger partial charge in [0.25, 0.3) is 0 Å². The Kier molecular flexibility index (Phi) is 4.24. The Morgan fingerprint density at radius 2 is 2.33 bits per heavy atom. The largest absolute Gasteiger partial charge is 0.478 e. The van der Waals surface area contributed by atoms with Gasteiger partial charge in [0.15, 0.2) is 0 Å². The SMILES string of the molecule is CC1CC(Nc2cccc(Br)c2C(=O)O)CCO1. The first kappa shape index (κ1) is 13.4. The molecule has 0 spiro atoms. The lowest BCUT2D eigenvalue weighted by atomic mass is 10.0. The van der Waals surface area contributed by atoms with Gasteiger partial charge in [0.2, 0.25) is 0 Å². The van der Waals surface area contributed by atoms with E-state index >= 15 is 0 Å². The molecular weight excluding hydrogens is 298 g/mol. The van der Waals surface area contributed by atoms with Crippen LogP contribution in [0.1, 0.15) is 30.1 Å². The molecule has 1 saturated heterocycles. The molecule has 0 aromatic heterocycles. The summed E-state index contributed by atoms with van der Waals surface area (Å²) < 4.78 is 6.08. The summed E-state index contributed by atoms with van der Waals surface area (Å²) in [7, 11) is 0. The monoisotopic (exact) mass is 313 g/mol. The Balaban J connectivity index is 2.18. The van der Waals surface area contributed by atoms with Crippen molar-refractivity contribution in [2.45, 2.75) is 31.9 Å². The molecule has 1 aliphatic rings. The Morgan fingerprint density at radius 1 is 1.56 bits per heavy atom. The second-order valence-corrected chi connectivity index (χ2v) is 5.37. The van der Waals surface area contributed by atoms with Gasteiger partial charge < -0.3 is 15.2 Å². The maximum atomic E-state index is 11.3. The second kappa shape index (κ2) is 5.71. The van der Waals surface area contributed by atoms with E-state index < -0.39 is 5.97 Å². The van der Waals surface area contributed by atoms with E-state index in [4.69, 9.17) is 4.74 Å². The fourth-order valence-corrected chi connectivity index (χ4v) is 2.75. The molecule has 1 fully saturated rings. The van der Waals surface area contributed by atoms with Gasteiger partial charge in [0.05, 0.1) is 17.4 Å². The summed E-state index contributed by atoms with van der Waals surface area (Å²) in [5.74, 6) is -0.926. The highest BCUT2D eigenvalue weighted by molar-refractivity contribution is 9.10. The highest BCUT2D eigenvalue weighted by atomic mass is 79.9. The highest BCUT2D eigenvalue weighted by Gasteiger charge is 2.21. The molecular formula is C13H16BrNO3. The summed E-state index contributed by atoms with van der Waals surface area (Å²) in [5, 5.41) is 12.5. The molecule has 0 aliphatic carbocycles.